The van der Waals surface area contributed by atoms with E-state index in [1.54, 1.807) is 33.0 Å². The molecule has 1 heterocycles. The molecule has 1 amide bonds. The number of aromatic nitrogens is 1. The van der Waals surface area contributed by atoms with Gasteiger partial charge in [-0.3, -0.25) is 5.32 Å². The van der Waals surface area contributed by atoms with Gasteiger partial charge in [0, 0.05) is 0 Å². The number of anilines is 1. The van der Waals surface area contributed by atoms with Crippen molar-refractivity contribution >= 4 is 27.8 Å². The highest BCUT2D eigenvalue weighted by Crippen LogP contribution is 2.26. The summed E-state index contributed by atoms with van der Waals surface area (Å²) >= 11 is 3.34. The van der Waals surface area contributed by atoms with Gasteiger partial charge in [-0.25, -0.2) is 9.78 Å². The molecule has 0 spiro atoms. The van der Waals surface area contributed by atoms with E-state index in [1.165, 1.54) is 0 Å². The third-order valence-electron chi connectivity index (χ3n) is 1.75. The first kappa shape index (κ1) is 14.8. The van der Waals surface area contributed by atoms with Crippen LogP contribution in [0.25, 0.3) is 0 Å². The first-order valence-electron chi connectivity index (χ1n) is 5.60. The van der Waals surface area contributed by atoms with Crippen LogP contribution in [0.1, 0.15) is 27.7 Å². The Balaban J connectivity index is 2.69. The predicted molar refractivity (Wildman–Crippen MR) is 73.0 cm³/mol. The SMILES string of the molecule is CCOc1cnc(NC(=O)OC(C)(C)C)cc1Br. The maximum Gasteiger partial charge on any atom is 0.413 e. The normalized spacial score (nSPS) is 10.9. The number of carbonyl (C=O) groups is 1. The maximum absolute atomic E-state index is 11.5. The number of nitrogens with zero attached hydrogens (tertiary/aromatic N) is 1. The second-order valence-electron chi connectivity index (χ2n) is 4.56. The van der Waals surface area contributed by atoms with E-state index in [-0.39, 0.29) is 0 Å². The molecule has 100 valence electrons. The number of hydrogen-bond donors (Lipinski definition) is 1. The van der Waals surface area contributed by atoms with Crippen LogP contribution < -0.4 is 10.1 Å². The van der Waals surface area contributed by atoms with E-state index in [2.05, 4.69) is 26.2 Å². The van der Waals surface area contributed by atoms with E-state index in [0.29, 0.717) is 18.2 Å². The molecule has 1 aromatic rings. The number of amides is 1. The molecule has 1 aromatic heterocycles. The van der Waals surface area contributed by atoms with Crippen molar-refractivity contribution in [1.29, 1.82) is 0 Å². The molecule has 0 unspecified atom stereocenters. The fourth-order valence-electron chi connectivity index (χ4n) is 1.16. The maximum atomic E-state index is 11.5. The van der Waals surface area contributed by atoms with Gasteiger partial charge in [-0.15, -0.1) is 0 Å². The molecule has 0 aromatic carbocycles. The van der Waals surface area contributed by atoms with Gasteiger partial charge in [-0.05, 0) is 49.7 Å². The number of pyridine rings is 1. The van der Waals surface area contributed by atoms with Gasteiger partial charge in [0.05, 0.1) is 17.3 Å². The van der Waals surface area contributed by atoms with Crippen molar-refractivity contribution in [2.24, 2.45) is 0 Å². The van der Waals surface area contributed by atoms with Gasteiger partial charge < -0.3 is 9.47 Å². The van der Waals surface area contributed by atoms with Crippen LogP contribution in [-0.4, -0.2) is 23.3 Å². The highest BCUT2D eigenvalue weighted by atomic mass is 79.9. The Bertz CT molecular complexity index is 430. The standard InChI is InChI=1S/C12H17BrN2O3/c1-5-17-9-7-14-10(6-8(9)13)15-11(16)18-12(2,3)4/h6-7H,5H2,1-4H3,(H,14,15,16). The molecule has 0 bridgehead atoms. The van der Waals surface area contributed by atoms with Gasteiger partial charge in [0.2, 0.25) is 0 Å². The van der Waals surface area contributed by atoms with E-state index < -0.39 is 11.7 Å². The smallest absolute Gasteiger partial charge is 0.413 e. The number of nitrogens with one attached hydrogen (secondary N) is 1. The number of hydrogen-bond acceptors (Lipinski definition) is 4. The van der Waals surface area contributed by atoms with Crippen LogP contribution in [0, 0.1) is 0 Å². The van der Waals surface area contributed by atoms with Crippen LogP contribution in [0.5, 0.6) is 5.75 Å². The van der Waals surface area contributed by atoms with Gasteiger partial charge in [-0.2, -0.15) is 0 Å². The average Bonchev–Trinajstić information content (AvgIpc) is 2.19. The molecule has 1 rings (SSSR count). The van der Waals surface area contributed by atoms with Gasteiger partial charge in [-0.1, -0.05) is 0 Å². The Hall–Kier alpha value is -1.30. The van der Waals surface area contributed by atoms with E-state index in [9.17, 15) is 4.79 Å². The van der Waals surface area contributed by atoms with Crippen molar-refractivity contribution in [1.82, 2.24) is 4.98 Å². The Morgan fingerprint density at radius 2 is 2.17 bits per heavy atom. The Morgan fingerprint density at radius 3 is 2.67 bits per heavy atom. The summed E-state index contributed by atoms with van der Waals surface area (Å²) in [5.41, 5.74) is -0.535. The van der Waals surface area contributed by atoms with Crippen LogP contribution >= 0.6 is 15.9 Å². The fourth-order valence-corrected chi connectivity index (χ4v) is 1.59. The summed E-state index contributed by atoms with van der Waals surface area (Å²) < 4.78 is 11.2. The van der Waals surface area contributed by atoms with Crippen LogP contribution in [-0.2, 0) is 4.74 Å². The lowest BCUT2D eigenvalue weighted by atomic mass is 10.2. The molecule has 1 N–H and O–H groups in total. The Labute approximate surface area is 115 Å². The minimum atomic E-state index is -0.536. The lowest BCUT2D eigenvalue weighted by Gasteiger charge is -2.19. The zero-order chi connectivity index (χ0) is 13.8. The van der Waals surface area contributed by atoms with E-state index in [1.807, 2.05) is 6.92 Å². The molecular weight excluding hydrogens is 300 g/mol. The zero-order valence-corrected chi connectivity index (χ0v) is 12.5. The van der Waals surface area contributed by atoms with Crippen molar-refractivity contribution in [3.05, 3.63) is 16.7 Å². The molecule has 0 saturated carbocycles. The average molecular weight is 317 g/mol. The number of ether oxygens (including phenoxy) is 2. The minimum Gasteiger partial charge on any atom is -0.491 e. The molecule has 0 aliphatic carbocycles. The first-order chi connectivity index (χ1) is 8.31. The van der Waals surface area contributed by atoms with E-state index >= 15 is 0 Å². The molecule has 0 atom stereocenters. The van der Waals surface area contributed by atoms with Crippen molar-refractivity contribution in [3.63, 3.8) is 0 Å². The third kappa shape index (κ3) is 4.91. The van der Waals surface area contributed by atoms with E-state index in [4.69, 9.17) is 9.47 Å². The Kier molecular flexibility index (Phi) is 4.95. The number of carbonyl (C=O) groups excluding carboxylic acids is 1. The molecule has 0 saturated heterocycles. The first-order valence-corrected chi connectivity index (χ1v) is 6.39. The largest absolute Gasteiger partial charge is 0.491 e. The van der Waals surface area contributed by atoms with Crippen molar-refractivity contribution < 1.29 is 14.3 Å². The summed E-state index contributed by atoms with van der Waals surface area (Å²) in [6, 6.07) is 1.66. The molecule has 0 aliphatic rings. The fraction of sp³-hybridized carbons (Fsp3) is 0.500. The van der Waals surface area contributed by atoms with Crippen molar-refractivity contribution in [2.75, 3.05) is 11.9 Å². The molecule has 0 radical (unpaired) electrons. The second-order valence-corrected chi connectivity index (χ2v) is 5.41. The monoisotopic (exact) mass is 316 g/mol. The highest BCUT2D eigenvalue weighted by molar-refractivity contribution is 9.10. The Morgan fingerprint density at radius 1 is 1.50 bits per heavy atom. The van der Waals surface area contributed by atoms with Crippen molar-refractivity contribution in [2.45, 2.75) is 33.3 Å². The van der Waals surface area contributed by atoms with Gasteiger partial charge >= 0.3 is 6.09 Å². The van der Waals surface area contributed by atoms with Gasteiger partial charge in [0.25, 0.3) is 0 Å². The quantitative estimate of drug-likeness (QED) is 0.925. The second kappa shape index (κ2) is 6.04. The van der Waals surface area contributed by atoms with Crippen LogP contribution in [0.3, 0.4) is 0 Å². The minimum absolute atomic E-state index is 0.402. The summed E-state index contributed by atoms with van der Waals surface area (Å²) in [6.07, 6.45) is 1.01. The third-order valence-corrected chi connectivity index (χ3v) is 2.37. The summed E-state index contributed by atoms with van der Waals surface area (Å²) in [5.74, 6) is 1.03. The highest BCUT2D eigenvalue weighted by Gasteiger charge is 2.16. The molecular formula is C12H17BrN2O3. The lowest BCUT2D eigenvalue weighted by molar-refractivity contribution is 0.0635. The number of halogens is 1. The molecule has 6 heteroatoms. The summed E-state index contributed by atoms with van der Waals surface area (Å²) in [4.78, 5) is 15.6. The molecule has 5 nitrogen and oxygen atoms in total. The predicted octanol–water partition coefficient (Wildman–Crippen LogP) is 3.59. The lowest BCUT2D eigenvalue weighted by Crippen LogP contribution is -2.27. The number of rotatable bonds is 3. The molecule has 0 aliphatic heterocycles. The summed E-state index contributed by atoms with van der Waals surface area (Å²) in [5, 5.41) is 2.55. The van der Waals surface area contributed by atoms with Crippen LogP contribution in [0.15, 0.2) is 16.7 Å². The van der Waals surface area contributed by atoms with Crippen LogP contribution in [0.2, 0.25) is 0 Å². The van der Waals surface area contributed by atoms with Gasteiger partial charge in [0.1, 0.15) is 11.4 Å². The molecule has 18 heavy (non-hydrogen) atoms. The van der Waals surface area contributed by atoms with E-state index in [0.717, 1.165) is 4.47 Å². The van der Waals surface area contributed by atoms with Gasteiger partial charge in [0.15, 0.2) is 5.75 Å². The topological polar surface area (TPSA) is 60.5 Å². The van der Waals surface area contributed by atoms with Crippen LogP contribution in [0.4, 0.5) is 10.6 Å². The summed E-state index contributed by atoms with van der Waals surface area (Å²) in [6.45, 7) is 7.84. The van der Waals surface area contributed by atoms with Crippen molar-refractivity contribution in [3.8, 4) is 5.75 Å². The molecule has 0 fully saturated rings. The summed E-state index contributed by atoms with van der Waals surface area (Å²) in [7, 11) is 0. The zero-order valence-electron chi connectivity index (χ0n) is 10.9.